The average molecular weight is 697 g/mol. The monoisotopic (exact) mass is 696 g/mol. The zero-order valence-electron chi connectivity index (χ0n) is 28.0. The largest absolute Gasteiger partial charge is 0.491 e. The van der Waals surface area contributed by atoms with Gasteiger partial charge in [0.1, 0.15) is 5.75 Å². The first kappa shape index (κ1) is 34.7. The van der Waals surface area contributed by atoms with Gasteiger partial charge in [-0.1, -0.05) is 36.7 Å². The normalized spacial score (nSPS) is 27.9. The Hall–Kier alpha value is -3.12. The van der Waals surface area contributed by atoms with Gasteiger partial charge in [-0.2, -0.15) is 10.6 Å². The summed E-state index contributed by atoms with van der Waals surface area (Å²) in [5.41, 5.74) is 3.55. The van der Waals surface area contributed by atoms with E-state index in [-0.39, 0.29) is 24.1 Å². The number of urea groups is 1. The molecule has 6 rings (SSSR count). The van der Waals surface area contributed by atoms with Crippen LogP contribution in [0.1, 0.15) is 60.5 Å². The Morgan fingerprint density at radius 2 is 1.94 bits per heavy atom. The van der Waals surface area contributed by atoms with Gasteiger partial charge in [0, 0.05) is 49.9 Å². The first-order valence-corrected chi connectivity index (χ1v) is 18.7. The number of hydrogen-bond acceptors (Lipinski definition) is 8. The molecule has 0 spiro atoms. The van der Waals surface area contributed by atoms with E-state index in [0.29, 0.717) is 55.8 Å². The Kier molecular flexibility index (Phi) is 11.3. The molecule has 3 aliphatic heterocycles. The molecule has 3 amide bonds. The van der Waals surface area contributed by atoms with Crippen LogP contribution < -0.4 is 20.3 Å². The van der Waals surface area contributed by atoms with Crippen LogP contribution in [0.2, 0.25) is 5.02 Å². The lowest BCUT2D eigenvalue weighted by Crippen LogP contribution is -2.62. The number of fused-ring (bicyclic) bond motifs is 3. The molecule has 1 unspecified atom stereocenters. The van der Waals surface area contributed by atoms with Crippen molar-refractivity contribution in [3.8, 4) is 5.75 Å². The highest BCUT2D eigenvalue weighted by Crippen LogP contribution is 2.42. The number of aryl methyl sites for hydroxylation is 1. The van der Waals surface area contributed by atoms with Gasteiger partial charge >= 0.3 is 6.03 Å². The molecule has 0 aromatic heterocycles. The summed E-state index contributed by atoms with van der Waals surface area (Å²) >= 11 is 6.45. The van der Waals surface area contributed by atoms with Gasteiger partial charge in [0.15, 0.2) is 0 Å². The summed E-state index contributed by atoms with van der Waals surface area (Å²) in [5.74, 6) is 0.541. The molecular weight excluding hydrogens is 650 g/mol. The van der Waals surface area contributed by atoms with Crippen LogP contribution in [0, 0.1) is 17.8 Å². The number of amides is 3. The van der Waals surface area contributed by atoms with Gasteiger partial charge in [0.25, 0.3) is 5.91 Å². The third-order valence-corrected chi connectivity index (χ3v) is 12.0. The molecule has 260 valence electrons. The average Bonchev–Trinajstić information content (AvgIpc) is 3.06. The van der Waals surface area contributed by atoms with Crippen molar-refractivity contribution in [3.05, 3.63) is 70.3 Å². The minimum Gasteiger partial charge on any atom is -0.491 e. The SMILES string of the molecule is CNC1CN(C(=O)NC2[C@@H](C)C/C=C/[C@H](OC)[C@@H]3CC[C@H]3CN3Cc4ccc(Cl)cc4CCCCOc4ccc(cc43)C(=O)N=[S-]2=O)C1. The van der Waals surface area contributed by atoms with Crippen molar-refractivity contribution >= 4 is 39.8 Å². The second-order valence-corrected chi connectivity index (χ2v) is 15.2. The zero-order chi connectivity index (χ0) is 33.8. The van der Waals surface area contributed by atoms with Crippen LogP contribution in [0.5, 0.6) is 5.75 Å². The van der Waals surface area contributed by atoms with Crippen LogP contribution in [0.15, 0.2) is 52.9 Å². The van der Waals surface area contributed by atoms with E-state index in [9.17, 15) is 13.8 Å². The van der Waals surface area contributed by atoms with E-state index in [0.717, 1.165) is 49.4 Å². The Morgan fingerprint density at radius 3 is 2.69 bits per heavy atom. The Labute approximate surface area is 290 Å². The van der Waals surface area contributed by atoms with Gasteiger partial charge < -0.3 is 38.5 Å². The standard InChI is InChI=1S/C36H47ClN5O5S/c1-23-7-6-9-32(46-3)30-14-11-27(30)20-41-19-26-10-13-28(37)17-24(26)8-4-5-16-47-33-15-12-25(18-31(33)41)34(43)40-48(45)35(23)39-36(44)42-21-29(22-42)38-2/h6,9-10,12-13,15,17-18,23,27,29-30,32,35,38H,4-5,7-8,11,14,16,19-22H2,1-3H3,(H,39,44)/q-1/b9-6+/t23-,27-,30+,32-,35?/m0/s1. The Morgan fingerprint density at radius 1 is 1.10 bits per heavy atom. The van der Waals surface area contributed by atoms with Gasteiger partial charge in [-0.25, -0.2) is 4.79 Å². The molecule has 48 heavy (non-hydrogen) atoms. The number of benzene rings is 2. The van der Waals surface area contributed by atoms with E-state index >= 15 is 0 Å². The van der Waals surface area contributed by atoms with Crippen LogP contribution in [0.3, 0.4) is 0 Å². The second-order valence-electron chi connectivity index (χ2n) is 13.6. The topological polar surface area (TPSA) is 113 Å². The van der Waals surface area contributed by atoms with Gasteiger partial charge in [0.2, 0.25) is 0 Å². The highest BCUT2D eigenvalue weighted by molar-refractivity contribution is 7.75. The number of rotatable bonds is 3. The third kappa shape index (κ3) is 7.85. The van der Waals surface area contributed by atoms with Crippen molar-refractivity contribution in [2.24, 2.45) is 22.1 Å². The smallest absolute Gasteiger partial charge is 0.316 e. The van der Waals surface area contributed by atoms with E-state index < -0.39 is 21.9 Å². The number of carbonyl (C=O) groups is 2. The third-order valence-electron chi connectivity index (χ3n) is 10.4. The number of likely N-dealkylation sites (tertiary alicyclic amines) is 1. The first-order chi connectivity index (χ1) is 23.2. The molecule has 1 saturated carbocycles. The number of nitrogens with one attached hydrogen (secondary N) is 2. The van der Waals surface area contributed by atoms with Crippen LogP contribution >= 0.6 is 11.6 Å². The van der Waals surface area contributed by atoms with Crippen molar-refractivity contribution in [2.45, 2.75) is 69.5 Å². The molecule has 1 saturated heterocycles. The molecule has 2 bridgehead atoms. The quantitative estimate of drug-likeness (QED) is 0.303. The maximum atomic E-state index is 13.8. The van der Waals surface area contributed by atoms with Crippen molar-refractivity contribution in [1.29, 1.82) is 0 Å². The van der Waals surface area contributed by atoms with Crippen LogP contribution in [-0.2, 0) is 32.5 Å². The highest BCUT2D eigenvalue weighted by atomic mass is 35.5. The Balaban J connectivity index is 1.39. The fraction of sp³-hybridized carbons (Fsp3) is 0.556. The van der Waals surface area contributed by atoms with Gasteiger partial charge in [-0.3, -0.25) is 4.79 Å². The number of methoxy groups -OCH3 is 1. The fourth-order valence-corrected chi connectivity index (χ4v) is 8.45. The van der Waals surface area contributed by atoms with Gasteiger partial charge in [-0.15, -0.1) is 0 Å². The van der Waals surface area contributed by atoms with Gasteiger partial charge in [-0.05, 0) is 110 Å². The van der Waals surface area contributed by atoms with E-state index in [1.165, 1.54) is 11.1 Å². The van der Waals surface area contributed by atoms with Crippen LogP contribution in [-0.4, -0.2) is 74.8 Å². The predicted octanol–water partition coefficient (Wildman–Crippen LogP) is 5.93. The number of nitrogens with zero attached hydrogens (tertiary/aromatic N) is 3. The summed E-state index contributed by atoms with van der Waals surface area (Å²) in [6, 6.07) is 11.4. The number of hydrogen-bond donors (Lipinski definition) is 2. The van der Waals surface area contributed by atoms with E-state index in [1.807, 2.05) is 32.2 Å². The number of allylic oxidation sites excluding steroid dienone is 1. The lowest BCUT2D eigenvalue weighted by Gasteiger charge is -2.43. The molecule has 2 aromatic rings. The minimum absolute atomic E-state index is 0.0784. The molecule has 12 heteroatoms. The molecule has 3 heterocycles. The van der Waals surface area contributed by atoms with Crippen LogP contribution in [0.25, 0.3) is 0 Å². The molecule has 2 N–H and O–H groups in total. The molecule has 4 aliphatic rings. The molecule has 10 nitrogen and oxygen atoms in total. The van der Waals surface area contributed by atoms with Crippen molar-refractivity contribution < 1.29 is 23.3 Å². The molecule has 1 aliphatic carbocycles. The molecule has 0 radical (unpaired) electrons. The van der Waals surface area contributed by atoms with Crippen LogP contribution in [0.4, 0.5) is 10.5 Å². The fourth-order valence-electron chi connectivity index (χ4n) is 7.16. The lowest BCUT2D eigenvalue weighted by atomic mass is 9.70. The molecular formula is C36H47ClN5O5S-. The van der Waals surface area contributed by atoms with Crippen molar-refractivity contribution in [3.63, 3.8) is 0 Å². The maximum Gasteiger partial charge on any atom is 0.316 e. The summed E-state index contributed by atoms with van der Waals surface area (Å²) in [7, 11) is 1.59. The highest BCUT2D eigenvalue weighted by Gasteiger charge is 2.38. The van der Waals surface area contributed by atoms with E-state index in [2.05, 4.69) is 44.2 Å². The maximum absolute atomic E-state index is 13.8. The van der Waals surface area contributed by atoms with E-state index in [4.69, 9.17) is 21.1 Å². The zero-order valence-corrected chi connectivity index (χ0v) is 29.6. The summed E-state index contributed by atoms with van der Waals surface area (Å²) in [6.45, 7) is 4.98. The van der Waals surface area contributed by atoms with E-state index in [1.54, 1.807) is 18.1 Å². The van der Waals surface area contributed by atoms with Crippen molar-refractivity contribution in [1.82, 2.24) is 15.5 Å². The first-order valence-electron chi connectivity index (χ1n) is 17.1. The van der Waals surface area contributed by atoms with Gasteiger partial charge in [0.05, 0.1) is 18.4 Å². The lowest BCUT2D eigenvalue weighted by molar-refractivity contribution is 0.0133. The molecule has 2 fully saturated rings. The summed E-state index contributed by atoms with van der Waals surface area (Å²) < 4.78 is 30.4. The second kappa shape index (κ2) is 15.6. The molecule has 2 aromatic carbocycles. The summed E-state index contributed by atoms with van der Waals surface area (Å²) in [6.07, 6.45) is 9.51. The minimum atomic E-state index is -2.03. The summed E-state index contributed by atoms with van der Waals surface area (Å²) in [5, 5.41) is 5.97. The number of halogens is 1. The number of carbonyl (C=O) groups excluding carboxylic acids is 2. The number of likely N-dealkylation sites (N-methyl/N-ethyl adjacent to an activating group) is 1. The molecule has 5 atom stereocenters. The van der Waals surface area contributed by atoms with Crippen molar-refractivity contribution in [2.75, 3.05) is 45.3 Å². The predicted molar refractivity (Wildman–Crippen MR) is 189 cm³/mol. The Bertz CT molecular complexity index is 1610. The number of anilines is 1. The summed E-state index contributed by atoms with van der Waals surface area (Å²) in [4.78, 5) is 30.8. The number of ether oxygens (including phenoxy) is 2.